The first kappa shape index (κ1) is 18.5. The van der Waals surface area contributed by atoms with Crippen molar-refractivity contribution in [2.45, 2.75) is 31.3 Å². The van der Waals surface area contributed by atoms with Gasteiger partial charge in [-0.1, -0.05) is 0 Å². The summed E-state index contributed by atoms with van der Waals surface area (Å²) in [5.74, 6) is -0.537. The van der Waals surface area contributed by atoms with Crippen LogP contribution >= 0.6 is 12.4 Å². The Morgan fingerprint density at radius 1 is 1.08 bits per heavy atom. The number of halogens is 2. The van der Waals surface area contributed by atoms with E-state index in [4.69, 9.17) is 0 Å². The van der Waals surface area contributed by atoms with Crippen LogP contribution in [0.4, 0.5) is 4.39 Å². The first-order chi connectivity index (χ1) is 12.1. The smallest absolute Gasteiger partial charge is 0.274 e. The number of hydrogen-bond donors (Lipinski definition) is 1. The minimum absolute atomic E-state index is 0. The fourth-order valence-corrected chi connectivity index (χ4v) is 3.74. The molecule has 2 aromatic rings. The average molecular weight is 379 g/mol. The average Bonchev–Trinajstić information content (AvgIpc) is 2.88. The Balaban J connectivity index is 0.00000196. The predicted octanol–water partition coefficient (Wildman–Crippen LogP) is 1.76. The summed E-state index contributed by atoms with van der Waals surface area (Å²) in [7, 11) is 0. The van der Waals surface area contributed by atoms with Crippen LogP contribution < -0.4 is 10.9 Å². The summed E-state index contributed by atoms with van der Waals surface area (Å²) in [4.78, 5) is 27.1. The molecule has 0 saturated carbocycles. The van der Waals surface area contributed by atoms with Gasteiger partial charge in [0, 0.05) is 24.7 Å². The van der Waals surface area contributed by atoms with Crippen LogP contribution in [-0.4, -0.2) is 45.8 Å². The van der Waals surface area contributed by atoms with E-state index in [1.165, 1.54) is 36.4 Å². The molecule has 2 atom stereocenters. The van der Waals surface area contributed by atoms with Crippen LogP contribution in [-0.2, 0) is 0 Å². The zero-order valence-electron chi connectivity index (χ0n) is 14.1. The van der Waals surface area contributed by atoms with Gasteiger partial charge in [-0.05, 0) is 56.1 Å². The molecule has 4 rings (SSSR count). The number of amides is 1. The summed E-state index contributed by atoms with van der Waals surface area (Å²) in [6.07, 6.45) is 2.93. The Morgan fingerprint density at radius 3 is 2.58 bits per heavy atom. The molecule has 2 unspecified atom stereocenters. The van der Waals surface area contributed by atoms with Crippen LogP contribution in [0.25, 0.3) is 5.69 Å². The number of hydrogen-bond acceptors (Lipinski definition) is 4. The highest BCUT2D eigenvalue weighted by molar-refractivity contribution is 5.92. The predicted molar refractivity (Wildman–Crippen MR) is 97.5 cm³/mol. The number of aromatic nitrogens is 2. The molecule has 26 heavy (non-hydrogen) atoms. The van der Waals surface area contributed by atoms with Crippen LogP contribution in [0.5, 0.6) is 0 Å². The molecule has 2 fully saturated rings. The van der Waals surface area contributed by atoms with Crippen LogP contribution in [0.3, 0.4) is 0 Å². The fourth-order valence-electron chi connectivity index (χ4n) is 3.74. The number of rotatable bonds is 2. The van der Waals surface area contributed by atoms with Gasteiger partial charge in [-0.2, -0.15) is 9.78 Å². The summed E-state index contributed by atoms with van der Waals surface area (Å²) in [5.41, 5.74) is 0.313. The van der Waals surface area contributed by atoms with Gasteiger partial charge in [-0.15, -0.1) is 12.4 Å². The topological polar surface area (TPSA) is 67.2 Å². The Bertz CT molecular complexity index is 841. The van der Waals surface area contributed by atoms with Gasteiger partial charge < -0.3 is 10.2 Å². The zero-order valence-corrected chi connectivity index (χ0v) is 14.9. The summed E-state index contributed by atoms with van der Waals surface area (Å²) in [5, 5.41) is 7.61. The second kappa shape index (κ2) is 7.55. The minimum atomic E-state index is -0.391. The van der Waals surface area contributed by atoms with Gasteiger partial charge in [0.05, 0.1) is 5.69 Å². The molecule has 2 saturated heterocycles. The number of fused-ring (bicyclic) bond motifs is 2. The molecule has 0 spiro atoms. The van der Waals surface area contributed by atoms with Gasteiger partial charge in [-0.25, -0.2) is 4.39 Å². The van der Waals surface area contributed by atoms with Crippen molar-refractivity contribution in [3.05, 3.63) is 58.3 Å². The minimum Gasteiger partial charge on any atom is -0.330 e. The summed E-state index contributed by atoms with van der Waals surface area (Å²) < 4.78 is 14.3. The number of nitrogens with zero attached hydrogens (tertiary/aromatic N) is 3. The van der Waals surface area contributed by atoms with Crippen LogP contribution in [0.1, 0.15) is 29.8 Å². The molecule has 6 nitrogen and oxygen atoms in total. The molecule has 3 heterocycles. The molecule has 0 radical (unpaired) electrons. The van der Waals surface area contributed by atoms with E-state index in [1.807, 2.05) is 4.90 Å². The fraction of sp³-hybridized carbons (Fsp3) is 0.389. The van der Waals surface area contributed by atoms with Gasteiger partial charge in [0.25, 0.3) is 11.5 Å². The van der Waals surface area contributed by atoms with E-state index >= 15 is 0 Å². The Labute approximate surface area is 156 Å². The van der Waals surface area contributed by atoms with Crippen molar-refractivity contribution in [2.24, 2.45) is 0 Å². The molecule has 2 aliphatic heterocycles. The third-order valence-corrected chi connectivity index (χ3v) is 4.98. The lowest BCUT2D eigenvalue weighted by Crippen LogP contribution is -2.43. The Kier molecular flexibility index (Phi) is 5.38. The number of carbonyl (C=O) groups excluding carboxylic acids is 1. The van der Waals surface area contributed by atoms with Crippen molar-refractivity contribution >= 4 is 18.3 Å². The lowest BCUT2D eigenvalue weighted by atomic mass is 10.1. The normalized spacial score (nSPS) is 21.8. The summed E-state index contributed by atoms with van der Waals surface area (Å²) >= 11 is 0. The van der Waals surface area contributed by atoms with E-state index in [1.54, 1.807) is 0 Å². The molecule has 2 aliphatic rings. The highest BCUT2D eigenvalue weighted by atomic mass is 35.5. The largest absolute Gasteiger partial charge is 0.330 e. The zero-order chi connectivity index (χ0) is 17.4. The molecule has 1 N–H and O–H groups in total. The molecule has 1 aromatic carbocycles. The molecule has 1 amide bonds. The van der Waals surface area contributed by atoms with Gasteiger partial charge >= 0.3 is 0 Å². The molecule has 8 heteroatoms. The van der Waals surface area contributed by atoms with Gasteiger partial charge in [-0.3, -0.25) is 9.59 Å². The maximum Gasteiger partial charge on any atom is 0.274 e. The lowest BCUT2D eigenvalue weighted by molar-refractivity contribution is 0.0672. The molecule has 138 valence electrons. The van der Waals surface area contributed by atoms with E-state index in [0.717, 1.165) is 37.0 Å². The van der Waals surface area contributed by atoms with Crippen LogP contribution in [0, 0.1) is 5.82 Å². The first-order valence-corrected chi connectivity index (χ1v) is 8.53. The summed E-state index contributed by atoms with van der Waals surface area (Å²) in [6, 6.07) is 8.67. The second-order valence-electron chi connectivity index (χ2n) is 6.54. The van der Waals surface area contributed by atoms with Crippen LogP contribution in [0.15, 0.2) is 41.2 Å². The van der Waals surface area contributed by atoms with Crippen molar-refractivity contribution in [1.82, 2.24) is 20.0 Å². The quantitative estimate of drug-likeness (QED) is 0.864. The van der Waals surface area contributed by atoms with Crippen molar-refractivity contribution in [1.29, 1.82) is 0 Å². The molecule has 1 aromatic heterocycles. The van der Waals surface area contributed by atoms with Crippen molar-refractivity contribution in [2.75, 3.05) is 13.1 Å². The Morgan fingerprint density at radius 2 is 1.81 bits per heavy atom. The molecular weight excluding hydrogens is 359 g/mol. The molecule has 2 bridgehead atoms. The monoisotopic (exact) mass is 378 g/mol. The van der Waals surface area contributed by atoms with E-state index < -0.39 is 5.82 Å². The van der Waals surface area contributed by atoms with Crippen LogP contribution in [0.2, 0.25) is 0 Å². The molecular formula is C18H20ClFN4O2. The van der Waals surface area contributed by atoms with E-state index in [9.17, 15) is 14.0 Å². The number of carbonyl (C=O) groups is 1. The lowest BCUT2D eigenvalue weighted by Gasteiger charge is -2.27. The van der Waals surface area contributed by atoms with Crippen molar-refractivity contribution in [3.63, 3.8) is 0 Å². The van der Waals surface area contributed by atoms with E-state index in [2.05, 4.69) is 10.4 Å². The highest BCUT2D eigenvalue weighted by Gasteiger charge is 2.38. The van der Waals surface area contributed by atoms with E-state index in [-0.39, 0.29) is 41.7 Å². The maximum absolute atomic E-state index is 13.1. The number of benzene rings is 1. The number of nitrogens with one attached hydrogen (secondary N) is 1. The first-order valence-electron chi connectivity index (χ1n) is 8.53. The maximum atomic E-state index is 13.1. The van der Waals surface area contributed by atoms with Gasteiger partial charge in [0.15, 0.2) is 0 Å². The van der Waals surface area contributed by atoms with Crippen molar-refractivity contribution < 1.29 is 9.18 Å². The van der Waals surface area contributed by atoms with Gasteiger partial charge in [0.2, 0.25) is 0 Å². The molecule has 0 aliphatic carbocycles. The third kappa shape index (κ3) is 3.37. The second-order valence-corrected chi connectivity index (χ2v) is 6.54. The standard InChI is InChI=1S/C18H19FN4O2.ClH/c19-12-1-3-14(4-2-12)23-17(24)8-7-16(21-23)18(25)22-13-5-6-15(22)11-20-10-9-13;/h1-4,7-8,13,15,20H,5-6,9-11H2;1H. The Hall–Kier alpha value is -2.25. The van der Waals surface area contributed by atoms with Gasteiger partial charge in [0.1, 0.15) is 11.5 Å². The SMILES string of the molecule is Cl.O=C(c1ccc(=O)n(-c2ccc(F)cc2)n1)N1C2CCNCC1CC2. The highest BCUT2D eigenvalue weighted by Crippen LogP contribution is 2.29. The third-order valence-electron chi connectivity index (χ3n) is 4.98. The van der Waals surface area contributed by atoms with Crippen molar-refractivity contribution in [3.8, 4) is 5.69 Å². The van der Waals surface area contributed by atoms with E-state index in [0.29, 0.717) is 5.69 Å². The summed E-state index contributed by atoms with van der Waals surface area (Å²) in [6.45, 7) is 1.70.